The smallest absolute Gasteiger partial charge is 0.335 e. The number of rotatable bonds is 5. The second-order valence-corrected chi connectivity index (χ2v) is 6.14. The number of hydrogen-bond donors (Lipinski definition) is 2. The van der Waals surface area contributed by atoms with Gasteiger partial charge in [-0.25, -0.2) is 13.2 Å². The molecule has 0 amide bonds. The van der Waals surface area contributed by atoms with E-state index in [9.17, 15) is 13.2 Å². The molecule has 0 aliphatic heterocycles. The number of ether oxygens (including phenoxy) is 1. The van der Waals surface area contributed by atoms with Gasteiger partial charge in [0.2, 0.25) is 0 Å². The van der Waals surface area contributed by atoms with Gasteiger partial charge >= 0.3 is 5.97 Å². The molecule has 0 saturated carbocycles. The van der Waals surface area contributed by atoms with E-state index in [1.807, 2.05) is 0 Å². The van der Waals surface area contributed by atoms with Gasteiger partial charge < -0.3 is 9.84 Å². The lowest BCUT2D eigenvalue weighted by atomic mass is 10.2. The molecular formula is C14H14N2O5S. The number of aromatic nitrogens is 1. The van der Waals surface area contributed by atoms with E-state index in [1.165, 1.54) is 37.6 Å². The van der Waals surface area contributed by atoms with Crippen LogP contribution >= 0.6 is 0 Å². The van der Waals surface area contributed by atoms with Crippen LogP contribution in [0.15, 0.2) is 41.4 Å². The molecule has 0 radical (unpaired) electrons. The van der Waals surface area contributed by atoms with Gasteiger partial charge in [-0.15, -0.1) is 0 Å². The second kappa shape index (κ2) is 6.02. The van der Waals surface area contributed by atoms with Crippen molar-refractivity contribution in [2.75, 3.05) is 11.8 Å². The van der Waals surface area contributed by atoms with Crippen molar-refractivity contribution >= 4 is 21.7 Å². The molecule has 0 aliphatic carbocycles. The molecule has 0 atom stereocenters. The van der Waals surface area contributed by atoms with E-state index in [2.05, 4.69) is 9.71 Å². The fraction of sp³-hybridized carbons (Fsp3) is 0.143. The minimum Gasteiger partial charge on any atom is -0.495 e. The lowest BCUT2D eigenvalue weighted by molar-refractivity contribution is 0.0696. The number of methoxy groups -OCH3 is 1. The van der Waals surface area contributed by atoms with Crippen LogP contribution in [0.4, 0.5) is 5.69 Å². The SMILES string of the molecule is COc1cc(C(=O)O)ccc1NS(=O)(=O)c1ccc(C)nc1. The summed E-state index contributed by atoms with van der Waals surface area (Å²) in [6.45, 7) is 1.75. The Morgan fingerprint density at radius 3 is 2.55 bits per heavy atom. The molecule has 1 aromatic carbocycles. The molecule has 0 spiro atoms. The molecule has 8 heteroatoms. The number of hydrogen-bond acceptors (Lipinski definition) is 5. The van der Waals surface area contributed by atoms with Crippen molar-refractivity contribution in [1.29, 1.82) is 0 Å². The van der Waals surface area contributed by atoms with Gasteiger partial charge in [0.1, 0.15) is 10.6 Å². The van der Waals surface area contributed by atoms with E-state index in [-0.39, 0.29) is 21.9 Å². The molecule has 0 saturated heterocycles. The molecule has 2 aromatic rings. The highest BCUT2D eigenvalue weighted by atomic mass is 32.2. The third kappa shape index (κ3) is 3.34. The maximum absolute atomic E-state index is 12.3. The highest BCUT2D eigenvalue weighted by molar-refractivity contribution is 7.92. The van der Waals surface area contributed by atoms with Crippen LogP contribution in [0.2, 0.25) is 0 Å². The maximum atomic E-state index is 12.3. The monoisotopic (exact) mass is 322 g/mol. The predicted octanol–water partition coefficient (Wildman–Crippen LogP) is 1.90. The van der Waals surface area contributed by atoms with E-state index in [0.717, 1.165) is 0 Å². The number of carboxylic acids is 1. The van der Waals surface area contributed by atoms with Crippen LogP contribution in [-0.4, -0.2) is 31.6 Å². The van der Waals surface area contributed by atoms with Crippen LogP contribution < -0.4 is 9.46 Å². The van der Waals surface area contributed by atoms with Gasteiger partial charge in [0, 0.05) is 11.9 Å². The Balaban J connectivity index is 2.37. The van der Waals surface area contributed by atoms with Crippen molar-refractivity contribution in [2.24, 2.45) is 0 Å². The van der Waals surface area contributed by atoms with Crippen molar-refractivity contribution in [2.45, 2.75) is 11.8 Å². The number of carbonyl (C=O) groups is 1. The Morgan fingerprint density at radius 1 is 1.27 bits per heavy atom. The Bertz CT molecular complexity index is 800. The molecule has 2 rings (SSSR count). The molecule has 0 unspecified atom stereocenters. The summed E-state index contributed by atoms with van der Waals surface area (Å²) in [6.07, 6.45) is 1.25. The van der Waals surface area contributed by atoms with Crippen molar-refractivity contribution in [3.8, 4) is 5.75 Å². The van der Waals surface area contributed by atoms with E-state index < -0.39 is 16.0 Å². The first-order valence-electron chi connectivity index (χ1n) is 6.20. The molecule has 0 bridgehead atoms. The summed E-state index contributed by atoms with van der Waals surface area (Å²) >= 11 is 0. The largest absolute Gasteiger partial charge is 0.495 e. The quantitative estimate of drug-likeness (QED) is 0.871. The van der Waals surface area contributed by atoms with Crippen molar-refractivity contribution < 1.29 is 23.1 Å². The standard InChI is InChI=1S/C14H14N2O5S/c1-9-3-5-11(8-15-9)22(19,20)16-12-6-4-10(14(17)18)7-13(12)21-2/h3-8,16H,1-2H3,(H,17,18). The molecule has 0 aliphatic rings. The zero-order chi connectivity index (χ0) is 16.3. The summed E-state index contributed by atoms with van der Waals surface area (Å²) in [7, 11) is -2.51. The summed E-state index contributed by atoms with van der Waals surface area (Å²) in [4.78, 5) is 14.9. The van der Waals surface area contributed by atoms with Crippen molar-refractivity contribution in [3.05, 3.63) is 47.8 Å². The van der Waals surface area contributed by atoms with Gasteiger partial charge in [-0.1, -0.05) is 0 Å². The number of anilines is 1. The number of sulfonamides is 1. The third-order valence-electron chi connectivity index (χ3n) is 2.89. The normalized spacial score (nSPS) is 11.0. The van der Waals surface area contributed by atoms with Crippen LogP contribution in [-0.2, 0) is 10.0 Å². The van der Waals surface area contributed by atoms with Gasteiger partial charge in [-0.2, -0.15) is 0 Å². The zero-order valence-corrected chi connectivity index (χ0v) is 12.7. The van der Waals surface area contributed by atoms with E-state index in [0.29, 0.717) is 5.69 Å². The van der Waals surface area contributed by atoms with Crippen LogP contribution in [0.5, 0.6) is 5.75 Å². The number of carboxylic acid groups (broad SMARTS) is 1. The molecule has 2 N–H and O–H groups in total. The summed E-state index contributed by atoms with van der Waals surface area (Å²) in [5, 5.41) is 8.93. The van der Waals surface area contributed by atoms with Crippen LogP contribution in [0.3, 0.4) is 0 Å². The van der Waals surface area contributed by atoms with Gasteiger partial charge in [0.05, 0.1) is 18.4 Å². The van der Waals surface area contributed by atoms with Gasteiger partial charge in [-0.05, 0) is 37.3 Å². The summed E-state index contributed by atoms with van der Waals surface area (Å²) in [5.74, 6) is -1.01. The average Bonchev–Trinajstić information content (AvgIpc) is 2.47. The van der Waals surface area contributed by atoms with Crippen LogP contribution in [0.25, 0.3) is 0 Å². The minimum absolute atomic E-state index is 0.00228. The number of aromatic carboxylic acids is 1. The highest BCUT2D eigenvalue weighted by Gasteiger charge is 2.18. The fourth-order valence-electron chi connectivity index (χ4n) is 1.73. The van der Waals surface area contributed by atoms with E-state index in [1.54, 1.807) is 13.0 Å². The topological polar surface area (TPSA) is 106 Å². The molecule has 7 nitrogen and oxygen atoms in total. The predicted molar refractivity (Wildman–Crippen MR) is 79.7 cm³/mol. The van der Waals surface area contributed by atoms with Crippen molar-refractivity contribution in [3.63, 3.8) is 0 Å². The number of aryl methyl sites for hydroxylation is 1. The first kappa shape index (κ1) is 15.8. The van der Waals surface area contributed by atoms with E-state index in [4.69, 9.17) is 9.84 Å². The lowest BCUT2D eigenvalue weighted by Crippen LogP contribution is -2.14. The Hall–Kier alpha value is -2.61. The zero-order valence-electron chi connectivity index (χ0n) is 11.9. The molecule has 116 valence electrons. The molecule has 1 heterocycles. The Labute approximate surface area is 127 Å². The summed E-state index contributed by atoms with van der Waals surface area (Å²) in [5.41, 5.74) is 0.840. The second-order valence-electron chi connectivity index (χ2n) is 4.46. The Morgan fingerprint density at radius 2 is 2.00 bits per heavy atom. The number of nitrogens with one attached hydrogen (secondary N) is 1. The summed E-state index contributed by atoms with van der Waals surface area (Å²) < 4.78 is 31.9. The number of pyridine rings is 1. The molecule has 1 aromatic heterocycles. The first-order chi connectivity index (χ1) is 10.3. The molecule has 0 fully saturated rings. The van der Waals surface area contributed by atoms with Gasteiger partial charge in [0.25, 0.3) is 10.0 Å². The Kier molecular flexibility index (Phi) is 4.32. The molecular weight excluding hydrogens is 308 g/mol. The average molecular weight is 322 g/mol. The van der Waals surface area contributed by atoms with E-state index >= 15 is 0 Å². The third-order valence-corrected chi connectivity index (χ3v) is 4.24. The summed E-state index contributed by atoms with van der Waals surface area (Å²) in [6, 6.07) is 6.88. The lowest BCUT2D eigenvalue weighted by Gasteiger charge is -2.12. The van der Waals surface area contributed by atoms with Crippen molar-refractivity contribution in [1.82, 2.24) is 4.98 Å². The highest BCUT2D eigenvalue weighted by Crippen LogP contribution is 2.28. The van der Waals surface area contributed by atoms with Gasteiger partial charge in [0.15, 0.2) is 0 Å². The van der Waals surface area contributed by atoms with Crippen LogP contribution in [0, 0.1) is 6.92 Å². The van der Waals surface area contributed by atoms with Gasteiger partial charge in [-0.3, -0.25) is 9.71 Å². The minimum atomic E-state index is -3.84. The maximum Gasteiger partial charge on any atom is 0.335 e. The molecule has 22 heavy (non-hydrogen) atoms. The van der Waals surface area contributed by atoms with Crippen LogP contribution in [0.1, 0.15) is 16.1 Å². The fourth-order valence-corrected chi connectivity index (χ4v) is 2.74. The first-order valence-corrected chi connectivity index (χ1v) is 7.68. The number of benzene rings is 1. The number of nitrogens with zero attached hydrogens (tertiary/aromatic N) is 1.